The van der Waals surface area contributed by atoms with Crippen molar-refractivity contribution in [3.8, 4) is 0 Å². The van der Waals surface area contributed by atoms with Crippen molar-refractivity contribution in [2.24, 2.45) is 0 Å². The fourth-order valence-electron chi connectivity index (χ4n) is 6.55. The number of rotatable bonds is 6. The van der Waals surface area contributed by atoms with Crippen LogP contribution < -0.4 is 10.2 Å². The minimum Gasteiger partial charge on any atom is -0.346 e. The van der Waals surface area contributed by atoms with Gasteiger partial charge in [-0.3, -0.25) is 14.5 Å². The van der Waals surface area contributed by atoms with Crippen LogP contribution in [-0.2, 0) is 27.5 Å². The Hall–Kier alpha value is -3.86. The molecule has 3 aromatic rings. The van der Waals surface area contributed by atoms with Gasteiger partial charge in [-0.2, -0.15) is 26.3 Å². The minimum absolute atomic E-state index is 0.0110. The minimum atomic E-state index is -5.01. The number of amides is 2. The first-order valence-electron chi connectivity index (χ1n) is 14.9. The zero-order valence-electron chi connectivity index (χ0n) is 25.0. The molecule has 2 fully saturated rings. The summed E-state index contributed by atoms with van der Waals surface area (Å²) in [4.78, 5) is 30.7. The van der Waals surface area contributed by atoms with Crippen LogP contribution in [0.15, 0.2) is 72.8 Å². The van der Waals surface area contributed by atoms with Crippen LogP contribution in [-0.4, -0.2) is 42.4 Å². The smallest absolute Gasteiger partial charge is 0.346 e. The number of para-hydroxylation sites is 1. The standard InChI is InChI=1S/C34H35F6N3O2/c1-22-8-6-7-11-29(22)43-17-16-42(21-30(43)44)28-12-14-32(15-13-28,25-9-4-3-5-10-25)41-31(45)23(2)24-18-26(33(35,36)37)20-27(19-24)34(38,39)40/h3-11,18-20,23,28H,12-17,21H2,1-2H3,(H,41,45). The van der Waals surface area contributed by atoms with E-state index in [0.29, 0.717) is 50.9 Å². The molecule has 45 heavy (non-hydrogen) atoms. The van der Waals surface area contributed by atoms with E-state index in [2.05, 4.69) is 10.2 Å². The van der Waals surface area contributed by atoms with Gasteiger partial charge < -0.3 is 10.2 Å². The molecule has 5 rings (SSSR count). The van der Waals surface area contributed by atoms with Gasteiger partial charge in [0.2, 0.25) is 11.8 Å². The maximum Gasteiger partial charge on any atom is 0.416 e. The number of hydrogen-bond acceptors (Lipinski definition) is 3. The van der Waals surface area contributed by atoms with E-state index in [1.165, 1.54) is 6.92 Å². The van der Waals surface area contributed by atoms with Gasteiger partial charge in [0.15, 0.2) is 0 Å². The second-order valence-electron chi connectivity index (χ2n) is 12.0. The van der Waals surface area contributed by atoms with E-state index in [-0.39, 0.29) is 30.1 Å². The maximum absolute atomic E-state index is 13.6. The van der Waals surface area contributed by atoms with Crippen LogP contribution in [0.3, 0.4) is 0 Å². The monoisotopic (exact) mass is 631 g/mol. The van der Waals surface area contributed by atoms with Crippen molar-refractivity contribution in [2.45, 2.75) is 69.4 Å². The number of carbonyl (C=O) groups is 2. The first-order valence-corrected chi connectivity index (χ1v) is 14.9. The molecule has 0 bridgehead atoms. The second-order valence-corrected chi connectivity index (χ2v) is 12.0. The van der Waals surface area contributed by atoms with Crippen molar-refractivity contribution in [3.05, 3.63) is 101 Å². The summed E-state index contributed by atoms with van der Waals surface area (Å²) >= 11 is 0. The zero-order valence-corrected chi connectivity index (χ0v) is 25.0. The van der Waals surface area contributed by atoms with Gasteiger partial charge in [-0.1, -0.05) is 48.5 Å². The number of benzene rings is 3. The van der Waals surface area contributed by atoms with Gasteiger partial charge in [0.25, 0.3) is 0 Å². The summed E-state index contributed by atoms with van der Waals surface area (Å²) in [6.45, 7) is 4.78. The summed E-state index contributed by atoms with van der Waals surface area (Å²) in [7, 11) is 0. The van der Waals surface area contributed by atoms with E-state index in [9.17, 15) is 35.9 Å². The molecule has 1 saturated heterocycles. The number of piperazine rings is 1. The maximum atomic E-state index is 13.6. The predicted octanol–water partition coefficient (Wildman–Crippen LogP) is 7.44. The van der Waals surface area contributed by atoms with Gasteiger partial charge in [-0.05, 0) is 80.5 Å². The lowest BCUT2D eigenvalue weighted by molar-refractivity contribution is -0.143. The highest BCUT2D eigenvalue weighted by molar-refractivity contribution is 5.96. The Kier molecular flexibility index (Phi) is 9.04. The van der Waals surface area contributed by atoms with Crippen molar-refractivity contribution >= 4 is 17.5 Å². The van der Waals surface area contributed by atoms with Crippen LogP contribution in [0.5, 0.6) is 0 Å². The van der Waals surface area contributed by atoms with E-state index in [4.69, 9.17) is 0 Å². The molecule has 1 unspecified atom stereocenters. The van der Waals surface area contributed by atoms with Gasteiger partial charge in [-0.25, -0.2) is 0 Å². The molecule has 2 amide bonds. The van der Waals surface area contributed by atoms with Gasteiger partial charge in [-0.15, -0.1) is 0 Å². The van der Waals surface area contributed by atoms with Gasteiger partial charge >= 0.3 is 12.4 Å². The summed E-state index contributed by atoms with van der Waals surface area (Å²) in [6, 6.07) is 18.3. The van der Waals surface area contributed by atoms with Crippen LogP contribution in [0, 0.1) is 6.92 Å². The van der Waals surface area contributed by atoms with Crippen LogP contribution >= 0.6 is 0 Å². The summed E-state index contributed by atoms with van der Waals surface area (Å²) < 4.78 is 81.0. The Morgan fingerprint density at radius 3 is 2.00 bits per heavy atom. The van der Waals surface area contributed by atoms with Crippen LogP contribution in [0.2, 0.25) is 0 Å². The van der Waals surface area contributed by atoms with Crippen LogP contribution in [0.4, 0.5) is 32.0 Å². The highest BCUT2D eigenvalue weighted by Crippen LogP contribution is 2.41. The Morgan fingerprint density at radius 2 is 1.44 bits per heavy atom. The molecule has 1 aliphatic carbocycles. The number of carbonyl (C=O) groups excluding carboxylic acids is 2. The molecule has 1 heterocycles. The average molecular weight is 632 g/mol. The second kappa shape index (κ2) is 12.5. The molecular formula is C34H35F6N3O2. The van der Waals surface area contributed by atoms with Gasteiger partial charge in [0, 0.05) is 24.8 Å². The lowest BCUT2D eigenvalue weighted by atomic mass is 9.74. The van der Waals surface area contributed by atoms with E-state index in [0.717, 1.165) is 16.8 Å². The molecule has 1 aliphatic heterocycles. The molecule has 0 aromatic heterocycles. The molecule has 0 radical (unpaired) electrons. The molecule has 1 N–H and O–H groups in total. The summed E-state index contributed by atoms with van der Waals surface area (Å²) in [5.74, 6) is -1.93. The van der Waals surface area contributed by atoms with Gasteiger partial charge in [0.1, 0.15) is 0 Å². The Bertz CT molecular complexity index is 1500. The fourth-order valence-corrected chi connectivity index (χ4v) is 6.55. The third-order valence-corrected chi connectivity index (χ3v) is 9.17. The highest BCUT2D eigenvalue weighted by atomic mass is 19.4. The molecular weight excluding hydrogens is 596 g/mol. The van der Waals surface area contributed by atoms with Crippen LogP contribution in [0.25, 0.3) is 0 Å². The Balaban J connectivity index is 1.33. The number of alkyl halides is 6. The number of nitrogens with one attached hydrogen (secondary N) is 1. The number of halogens is 6. The van der Waals surface area contributed by atoms with Crippen molar-refractivity contribution in [2.75, 3.05) is 24.5 Å². The average Bonchev–Trinajstić information content (AvgIpc) is 3.01. The molecule has 0 spiro atoms. The van der Waals surface area contributed by atoms with Gasteiger partial charge in [0.05, 0.1) is 29.1 Å². The summed E-state index contributed by atoms with van der Waals surface area (Å²) in [5.41, 5.74) is -1.42. The van der Waals surface area contributed by atoms with Crippen molar-refractivity contribution < 1.29 is 35.9 Å². The predicted molar refractivity (Wildman–Crippen MR) is 158 cm³/mol. The largest absolute Gasteiger partial charge is 0.416 e. The molecule has 1 saturated carbocycles. The highest BCUT2D eigenvalue weighted by Gasteiger charge is 2.43. The third-order valence-electron chi connectivity index (χ3n) is 9.17. The lowest BCUT2D eigenvalue weighted by Crippen LogP contribution is -2.57. The van der Waals surface area contributed by atoms with E-state index in [1.54, 1.807) is 0 Å². The van der Waals surface area contributed by atoms with Crippen molar-refractivity contribution in [3.63, 3.8) is 0 Å². The molecule has 1 atom stereocenters. The molecule has 2 aliphatic rings. The van der Waals surface area contributed by atoms with E-state index >= 15 is 0 Å². The van der Waals surface area contributed by atoms with Crippen molar-refractivity contribution in [1.82, 2.24) is 10.2 Å². The number of hydrogen-bond donors (Lipinski definition) is 1. The van der Waals surface area contributed by atoms with E-state index < -0.39 is 40.8 Å². The SMILES string of the molecule is Cc1ccccc1N1CCN(C2CCC(NC(=O)C(C)c3cc(C(F)(F)F)cc(C(F)(F)F)c3)(c3ccccc3)CC2)CC1=O. The number of nitrogens with zero attached hydrogens (tertiary/aromatic N) is 2. The van der Waals surface area contributed by atoms with Crippen molar-refractivity contribution in [1.29, 1.82) is 0 Å². The normalized spacial score (nSPS) is 22.3. The molecule has 240 valence electrons. The first kappa shape index (κ1) is 32.5. The molecule has 3 aromatic carbocycles. The topological polar surface area (TPSA) is 52.6 Å². The van der Waals surface area contributed by atoms with E-state index in [1.807, 2.05) is 66.4 Å². The molecule has 11 heteroatoms. The number of aryl methyl sites for hydroxylation is 1. The Labute approximate surface area is 258 Å². The first-order chi connectivity index (χ1) is 21.2. The molecule has 5 nitrogen and oxygen atoms in total. The quantitative estimate of drug-likeness (QED) is 0.288. The summed E-state index contributed by atoms with van der Waals surface area (Å²) in [6.07, 6.45) is -7.76. The summed E-state index contributed by atoms with van der Waals surface area (Å²) in [5, 5.41) is 3.04. The zero-order chi connectivity index (χ0) is 32.6. The van der Waals surface area contributed by atoms with Crippen LogP contribution in [0.1, 0.15) is 66.3 Å². The fraction of sp³-hybridized carbons (Fsp3) is 0.412. The number of anilines is 1. The third kappa shape index (κ3) is 7.03. The Morgan fingerprint density at radius 1 is 0.867 bits per heavy atom. The lowest BCUT2D eigenvalue weighted by Gasteiger charge is -2.46.